The fourth-order valence-corrected chi connectivity index (χ4v) is 1.66. The Kier molecular flexibility index (Phi) is 3.61. The van der Waals surface area contributed by atoms with Gasteiger partial charge in [-0.1, -0.05) is 6.08 Å². The van der Waals surface area contributed by atoms with Crippen LogP contribution >= 0.6 is 0 Å². The van der Waals surface area contributed by atoms with Gasteiger partial charge in [0.15, 0.2) is 5.82 Å². The number of rotatable bonds is 4. The summed E-state index contributed by atoms with van der Waals surface area (Å²) in [6.07, 6.45) is 7.92. The minimum Gasteiger partial charge on any atom is -0.507 e. The molecule has 2 rings (SSSR count). The average Bonchev–Trinajstić information content (AvgIpc) is 3.00. The number of carbonyl (C=O) groups is 1. The standard InChI is InChI=1S/C13H14N4O2/c1-3-4-10-5-9(7-17(10)2)11(18)6-12(19)13-14-8-15-16-13/h3-8,18H,1-2H3,(H,14,15,16)/b4-3+,11-6?. The lowest BCUT2D eigenvalue weighted by molar-refractivity contribution is 0.103. The minimum atomic E-state index is -0.425. The molecule has 2 aromatic heterocycles. The molecule has 2 N–H and O–H groups in total. The molecule has 0 atom stereocenters. The third-order valence-corrected chi connectivity index (χ3v) is 2.59. The molecular formula is C13H14N4O2. The molecule has 0 spiro atoms. The van der Waals surface area contributed by atoms with Gasteiger partial charge in [0.05, 0.1) is 0 Å². The lowest BCUT2D eigenvalue weighted by atomic mass is 10.2. The molecule has 0 saturated heterocycles. The molecule has 0 aromatic carbocycles. The molecular weight excluding hydrogens is 244 g/mol. The molecule has 0 aliphatic rings. The molecule has 0 fully saturated rings. The van der Waals surface area contributed by atoms with Crippen molar-refractivity contribution in [3.63, 3.8) is 0 Å². The van der Waals surface area contributed by atoms with Gasteiger partial charge in [0, 0.05) is 30.6 Å². The summed E-state index contributed by atoms with van der Waals surface area (Å²) in [7, 11) is 1.87. The molecule has 0 unspecified atom stereocenters. The average molecular weight is 258 g/mol. The zero-order valence-corrected chi connectivity index (χ0v) is 10.7. The van der Waals surface area contributed by atoms with Crippen molar-refractivity contribution >= 4 is 17.6 Å². The van der Waals surface area contributed by atoms with Crippen LogP contribution in [0, 0.1) is 0 Å². The maximum Gasteiger partial charge on any atom is 0.226 e. The summed E-state index contributed by atoms with van der Waals surface area (Å²) in [5, 5.41) is 16.0. The molecule has 2 heterocycles. The lowest BCUT2D eigenvalue weighted by Crippen LogP contribution is -1.99. The number of H-pyrrole nitrogens is 1. The van der Waals surface area contributed by atoms with E-state index in [1.807, 2.05) is 30.7 Å². The normalized spacial score (nSPS) is 12.2. The number of aromatic nitrogens is 4. The first-order chi connectivity index (χ1) is 9.11. The number of ketones is 1. The third-order valence-electron chi connectivity index (χ3n) is 2.59. The zero-order chi connectivity index (χ0) is 13.8. The van der Waals surface area contributed by atoms with E-state index in [9.17, 15) is 9.90 Å². The Morgan fingerprint density at radius 3 is 2.95 bits per heavy atom. The second kappa shape index (κ2) is 5.34. The summed E-state index contributed by atoms with van der Waals surface area (Å²) in [6, 6.07) is 1.79. The largest absolute Gasteiger partial charge is 0.507 e. The highest BCUT2D eigenvalue weighted by Gasteiger charge is 2.10. The summed E-state index contributed by atoms with van der Waals surface area (Å²) in [5.74, 6) is -0.435. The molecule has 2 aromatic rings. The topological polar surface area (TPSA) is 83.8 Å². The van der Waals surface area contributed by atoms with Crippen LogP contribution in [-0.4, -0.2) is 30.6 Å². The highest BCUT2D eigenvalue weighted by Crippen LogP contribution is 2.16. The molecule has 0 amide bonds. The highest BCUT2D eigenvalue weighted by atomic mass is 16.3. The van der Waals surface area contributed by atoms with E-state index in [-0.39, 0.29) is 11.6 Å². The van der Waals surface area contributed by atoms with Crippen LogP contribution in [-0.2, 0) is 7.05 Å². The molecule has 19 heavy (non-hydrogen) atoms. The van der Waals surface area contributed by atoms with E-state index in [1.165, 1.54) is 6.33 Å². The Hall–Kier alpha value is -2.63. The Bertz CT molecular complexity index is 636. The maximum absolute atomic E-state index is 11.7. The second-order valence-electron chi connectivity index (χ2n) is 3.99. The lowest BCUT2D eigenvalue weighted by Gasteiger charge is -1.94. The van der Waals surface area contributed by atoms with Crippen molar-refractivity contribution in [2.24, 2.45) is 7.05 Å². The van der Waals surface area contributed by atoms with Gasteiger partial charge < -0.3 is 9.67 Å². The van der Waals surface area contributed by atoms with E-state index in [0.717, 1.165) is 11.8 Å². The monoisotopic (exact) mass is 258 g/mol. The molecule has 0 aliphatic heterocycles. The van der Waals surface area contributed by atoms with Crippen LogP contribution in [0.15, 0.2) is 30.7 Å². The molecule has 0 radical (unpaired) electrons. The number of allylic oxidation sites excluding steroid dienone is 2. The molecule has 0 aliphatic carbocycles. The van der Waals surface area contributed by atoms with Crippen LogP contribution < -0.4 is 0 Å². The van der Waals surface area contributed by atoms with Gasteiger partial charge >= 0.3 is 0 Å². The predicted molar refractivity (Wildman–Crippen MR) is 71.4 cm³/mol. The van der Waals surface area contributed by atoms with Crippen LogP contribution in [0.3, 0.4) is 0 Å². The number of aryl methyl sites for hydroxylation is 1. The quantitative estimate of drug-likeness (QED) is 0.499. The first-order valence-corrected chi connectivity index (χ1v) is 5.71. The molecule has 98 valence electrons. The van der Waals surface area contributed by atoms with Gasteiger partial charge in [0.1, 0.15) is 12.1 Å². The van der Waals surface area contributed by atoms with Crippen molar-refractivity contribution < 1.29 is 9.90 Å². The Morgan fingerprint density at radius 1 is 1.53 bits per heavy atom. The van der Waals surface area contributed by atoms with E-state index in [4.69, 9.17) is 0 Å². The first kappa shape index (κ1) is 12.8. The number of nitrogens with zero attached hydrogens (tertiary/aromatic N) is 3. The van der Waals surface area contributed by atoms with E-state index in [2.05, 4.69) is 15.2 Å². The Morgan fingerprint density at radius 2 is 2.32 bits per heavy atom. The van der Waals surface area contributed by atoms with Crippen molar-refractivity contribution in [3.05, 3.63) is 47.8 Å². The van der Waals surface area contributed by atoms with Crippen LogP contribution in [0.25, 0.3) is 11.8 Å². The Balaban J connectivity index is 2.26. The van der Waals surface area contributed by atoms with E-state index >= 15 is 0 Å². The van der Waals surface area contributed by atoms with Crippen molar-refractivity contribution in [2.45, 2.75) is 6.92 Å². The number of aliphatic hydroxyl groups excluding tert-OH is 1. The second-order valence-corrected chi connectivity index (χ2v) is 3.99. The van der Waals surface area contributed by atoms with E-state index in [0.29, 0.717) is 5.56 Å². The van der Waals surface area contributed by atoms with E-state index in [1.54, 1.807) is 12.3 Å². The van der Waals surface area contributed by atoms with Gasteiger partial charge in [-0.15, -0.1) is 0 Å². The summed E-state index contributed by atoms with van der Waals surface area (Å²) in [5.41, 5.74) is 1.51. The van der Waals surface area contributed by atoms with Crippen LogP contribution in [0.4, 0.5) is 0 Å². The smallest absolute Gasteiger partial charge is 0.226 e. The molecule has 6 heteroatoms. The number of aromatic amines is 1. The number of nitrogens with one attached hydrogen (secondary N) is 1. The van der Waals surface area contributed by atoms with Crippen molar-refractivity contribution in [1.29, 1.82) is 0 Å². The fraction of sp³-hybridized carbons (Fsp3) is 0.154. The van der Waals surface area contributed by atoms with Gasteiger partial charge in [-0.25, -0.2) is 4.98 Å². The van der Waals surface area contributed by atoms with Gasteiger partial charge in [-0.2, -0.15) is 5.10 Å². The summed E-state index contributed by atoms with van der Waals surface area (Å²) in [4.78, 5) is 15.4. The number of hydrogen-bond donors (Lipinski definition) is 2. The third kappa shape index (κ3) is 2.79. The maximum atomic E-state index is 11.7. The van der Waals surface area contributed by atoms with Gasteiger partial charge in [0.2, 0.25) is 5.78 Å². The summed E-state index contributed by atoms with van der Waals surface area (Å²) in [6.45, 7) is 1.91. The van der Waals surface area contributed by atoms with Crippen LogP contribution in [0.2, 0.25) is 0 Å². The fourth-order valence-electron chi connectivity index (χ4n) is 1.66. The molecule has 0 saturated carbocycles. The molecule has 6 nitrogen and oxygen atoms in total. The molecule has 0 bridgehead atoms. The number of aliphatic hydroxyl groups is 1. The predicted octanol–water partition coefficient (Wildman–Crippen LogP) is 1.96. The van der Waals surface area contributed by atoms with Crippen LogP contribution in [0.1, 0.15) is 28.8 Å². The minimum absolute atomic E-state index is 0.0937. The number of carbonyl (C=O) groups excluding carboxylic acids is 1. The SMILES string of the molecule is C/C=C/c1cc(C(O)=CC(=O)c2ncn[nH]2)cn1C. The van der Waals surface area contributed by atoms with E-state index < -0.39 is 5.78 Å². The Labute approximate surface area is 110 Å². The van der Waals surface area contributed by atoms with Gasteiger partial charge in [0.25, 0.3) is 0 Å². The van der Waals surface area contributed by atoms with Crippen molar-refractivity contribution in [1.82, 2.24) is 19.7 Å². The van der Waals surface area contributed by atoms with Gasteiger partial charge in [-0.3, -0.25) is 9.89 Å². The van der Waals surface area contributed by atoms with Crippen molar-refractivity contribution in [2.75, 3.05) is 0 Å². The summed E-state index contributed by atoms with van der Waals surface area (Å²) < 4.78 is 1.86. The van der Waals surface area contributed by atoms with Crippen molar-refractivity contribution in [3.8, 4) is 0 Å². The zero-order valence-electron chi connectivity index (χ0n) is 10.7. The van der Waals surface area contributed by atoms with Gasteiger partial charge in [-0.05, 0) is 19.1 Å². The van der Waals surface area contributed by atoms with Crippen LogP contribution in [0.5, 0.6) is 0 Å². The highest BCUT2D eigenvalue weighted by molar-refractivity contribution is 6.05. The summed E-state index contributed by atoms with van der Waals surface area (Å²) >= 11 is 0. The number of hydrogen-bond acceptors (Lipinski definition) is 4. The first-order valence-electron chi connectivity index (χ1n) is 5.71.